The van der Waals surface area contributed by atoms with Crippen LogP contribution in [0.5, 0.6) is 0 Å². The fraction of sp³-hybridized carbons (Fsp3) is 0.625. The van der Waals surface area contributed by atoms with E-state index in [0.717, 1.165) is 24.4 Å². The lowest BCUT2D eigenvalue weighted by Gasteiger charge is -2.46. The van der Waals surface area contributed by atoms with Crippen LogP contribution in [-0.4, -0.2) is 48.4 Å². The van der Waals surface area contributed by atoms with Gasteiger partial charge in [0.15, 0.2) is 0 Å². The van der Waals surface area contributed by atoms with Crippen LogP contribution in [0.25, 0.3) is 0 Å². The third-order valence-electron chi connectivity index (χ3n) is 7.06. The lowest BCUT2D eigenvalue weighted by Crippen LogP contribution is -2.50. The molecule has 0 radical (unpaired) electrons. The second-order valence-corrected chi connectivity index (χ2v) is 9.09. The number of carbonyl (C=O) groups excluding carboxylic acids is 3. The molecule has 6 nitrogen and oxygen atoms in total. The maximum Gasteiger partial charge on any atom is 0.340 e. The Kier molecular flexibility index (Phi) is 6.23. The van der Waals surface area contributed by atoms with Crippen molar-refractivity contribution in [2.75, 3.05) is 24.6 Å². The average Bonchev–Trinajstić information content (AvgIpc) is 3.02. The van der Waals surface area contributed by atoms with Crippen molar-refractivity contribution in [1.29, 1.82) is 0 Å². The number of fused-ring (bicyclic) bond motifs is 1. The van der Waals surface area contributed by atoms with E-state index in [4.69, 9.17) is 4.74 Å². The smallest absolute Gasteiger partial charge is 0.340 e. The number of ether oxygens (including phenoxy) is 1. The largest absolute Gasteiger partial charge is 0.462 e. The van der Waals surface area contributed by atoms with Crippen molar-refractivity contribution in [2.24, 2.45) is 17.8 Å². The molecular weight excluding hydrogens is 380 g/mol. The number of imide groups is 1. The normalized spacial score (nSPS) is 29.7. The van der Waals surface area contributed by atoms with E-state index in [9.17, 15) is 14.4 Å². The van der Waals surface area contributed by atoms with Crippen molar-refractivity contribution >= 4 is 23.5 Å². The molecule has 6 heteroatoms. The lowest BCUT2D eigenvalue weighted by atomic mass is 9.75. The van der Waals surface area contributed by atoms with Crippen molar-refractivity contribution in [3.05, 3.63) is 29.8 Å². The van der Waals surface area contributed by atoms with Crippen molar-refractivity contribution in [3.63, 3.8) is 0 Å². The Morgan fingerprint density at radius 2 is 1.93 bits per heavy atom. The van der Waals surface area contributed by atoms with E-state index in [1.807, 2.05) is 0 Å². The zero-order valence-electron chi connectivity index (χ0n) is 18.0. The molecule has 0 bridgehead atoms. The molecule has 2 heterocycles. The average molecular weight is 413 g/mol. The molecule has 0 spiro atoms. The van der Waals surface area contributed by atoms with Crippen LogP contribution < -0.4 is 4.90 Å². The van der Waals surface area contributed by atoms with Gasteiger partial charge in [-0.3, -0.25) is 14.5 Å². The van der Waals surface area contributed by atoms with Gasteiger partial charge in [0.2, 0.25) is 11.8 Å². The van der Waals surface area contributed by atoms with Gasteiger partial charge < -0.3 is 4.74 Å². The van der Waals surface area contributed by atoms with Gasteiger partial charge in [-0.05, 0) is 43.9 Å². The number of anilines is 1. The van der Waals surface area contributed by atoms with Crippen LogP contribution in [0.2, 0.25) is 0 Å². The van der Waals surface area contributed by atoms with Crippen LogP contribution in [0.3, 0.4) is 0 Å². The number of esters is 1. The van der Waals surface area contributed by atoms with Gasteiger partial charge in [0.1, 0.15) is 0 Å². The van der Waals surface area contributed by atoms with Gasteiger partial charge in [-0.15, -0.1) is 0 Å². The summed E-state index contributed by atoms with van der Waals surface area (Å²) in [5.74, 6) is -0.302. The highest BCUT2D eigenvalue weighted by atomic mass is 16.5. The summed E-state index contributed by atoms with van der Waals surface area (Å²) in [6.07, 6.45) is 6.46. The molecule has 1 aliphatic carbocycles. The molecule has 3 aliphatic rings. The van der Waals surface area contributed by atoms with Gasteiger partial charge in [0.25, 0.3) is 0 Å². The Hall–Kier alpha value is -2.21. The summed E-state index contributed by atoms with van der Waals surface area (Å²) >= 11 is 0. The minimum Gasteiger partial charge on any atom is -0.462 e. The fourth-order valence-corrected chi connectivity index (χ4v) is 5.55. The van der Waals surface area contributed by atoms with E-state index in [-0.39, 0.29) is 29.7 Å². The molecule has 4 atom stereocenters. The predicted octanol–water partition coefficient (Wildman–Crippen LogP) is 3.64. The second-order valence-electron chi connectivity index (χ2n) is 9.09. The molecule has 162 valence electrons. The molecule has 2 saturated heterocycles. The second kappa shape index (κ2) is 8.88. The summed E-state index contributed by atoms with van der Waals surface area (Å²) in [5.41, 5.74) is 0.625. The molecule has 0 N–H and O–H groups in total. The first-order valence-corrected chi connectivity index (χ1v) is 11.4. The minimum absolute atomic E-state index is 0.180. The van der Waals surface area contributed by atoms with Crippen molar-refractivity contribution in [2.45, 2.75) is 58.4 Å². The number of hydrogen-bond donors (Lipinski definition) is 0. The number of piperidine rings is 1. The summed E-state index contributed by atoms with van der Waals surface area (Å²) in [7, 11) is 0. The molecule has 2 amide bonds. The Bertz CT molecular complexity index is 815. The van der Waals surface area contributed by atoms with Gasteiger partial charge >= 0.3 is 5.97 Å². The van der Waals surface area contributed by atoms with Gasteiger partial charge in [-0.1, -0.05) is 38.8 Å². The summed E-state index contributed by atoms with van der Waals surface area (Å²) in [6.45, 7) is 6.33. The highest BCUT2D eigenvalue weighted by Gasteiger charge is 2.39. The molecule has 4 rings (SSSR count). The summed E-state index contributed by atoms with van der Waals surface area (Å²) in [5, 5.41) is 0. The maximum absolute atomic E-state index is 12.9. The van der Waals surface area contributed by atoms with E-state index in [2.05, 4.69) is 11.8 Å². The van der Waals surface area contributed by atoms with Gasteiger partial charge in [-0.2, -0.15) is 0 Å². The van der Waals surface area contributed by atoms with Crippen LogP contribution >= 0.6 is 0 Å². The van der Waals surface area contributed by atoms with E-state index in [1.165, 1.54) is 25.7 Å². The van der Waals surface area contributed by atoms with Crippen LogP contribution in [0.4, 0.5) is 5.69 Å². The van der Waals surface area contributed by atoms with E-state index in [0.29, 0.717) is 30.2 Å². The quantitative estimate of drug-likeness (QED) is 0.546. The number of rotatable bonds is 5. The Labute approximate surface area is 178 Å². The predicted molar refractivity (Wildman–Crippen MR) is 114 cm³/mol. The number of para-hydroxylation sites is 1. The first kappa shape index (κ1) is 21.0. The Morgan fingerprint density at radius 3 is 2.67 bits per heavy atom. The topological polar surface area (TPSA) is 66.9 Å². The molecule has 2 aliphatic heterocycles. The third-order valence-corrected chi connectivity index (χ3v) is 7.06. The molecular formula is C24H32N2O4. The SMILES string of the molecule is CCN1C[C@@H](COC(=O)c2ccccc2N2C(=O)CC(C)C2=O)C[C@H]2CCCC[C@H]21. The molecule has 30 heavy (non-hydrogen) atoms. The van der Waals surface area contributed by atoms with Gasteiger partial charge in [0, 0.05) is 30.8 Å². The highest BCUT2D eigenvalue weighted by molar-refractivity contribution is 6.22. The van der Waals surface area contributed by atoms with Crippen molar-refractivity contribution in [1.82, 2.24) is 4.90 Å². The number of likely N-dealkylation sites (tertiary alicyclic amines) is 1. The Balaban J connectivity index is 1.44. The molecule has 1 aromatic rings. The monoisotopic (exact) mass is 412 g/mol. The summed E-state index contributed by atoms with van der Waals surface area (Å²) < 4.78 is 5.72. The summed E-state index contributed by atoms with van der Waals surface area (Å²) in [4.78, 5) is 41.4. The molecule has 1 unspecified atom stereocenters. The first-order chi connectivity index (χ1) is 14.5. The molecule has 1 saturated carbocycles. The van der Waals surface area contributed by atoms with Gasteiger partial charge in [0.05, 0.1) is 17.9 Å². The zero-order valence-corrected chi connectivity index (χ0v) is 18.0. The minimum atomic E-state index is -0.459. The van der Waals surface area contributed by atoms with Gasteiger partial charge in [-0.25, -0.2) is 9.69 Å². The lowest BCUT2D eigenvalue weighted by molar-refractivity contribution is -0.122. The number of amides is 2. The Morgan fingerprint density at radius 1 is 1.17 bits per heavy atom. The number of carbonyl (C=O) groups is 3. The van der Waals surface area contributed by atoms with Crippen molar-refractivity contribution < 1.29 is 19.1 Å². The van der Waals surface area contributed by atoms with Crippen LogP contribution in [-0.2, 0) is 14.3 Å². The standard InChI is InChI=1S/C24H32N2O4/c1-3-25-14-17(13-18-8-4-6-10-20(18)25)15-30-24(29)19-9-5-7-11-21(19)26-22(27)12-16(2)23(26)28/h5,7,9,11,16-18,20H,3-4,6,8,10,12-15H2,1-2H3/t16?,17-,18+,20+/m0/s1. The number of benzene rings is 1. The summed E-state index contributed by atoms with van der Waals surface area (Å²) in [6, 6.07) is 7.44. The number of hydrogen-bond acceptors (Lipinski definition) is 5. The molecule has 0 aromatic heterocycles. The van der Waals surface area contributed by atoms with Crippen LogP contribution in [0, 0.1) is 17.8 Å². The number of nitrogens with zero attached hydrogens (tertiary/aromatic N) is 2. The van der Waals surface area contributed by atoms with E-state index < -0.39 is 5.97 Å². The zero-order chi connectivity index (χ0) is 21.3. The fourth-order valence-electron chi connectivity index (χ4n) is 5.55. The van der Waals surface area contributed by atoms with E-state index >= 15 is 0 Å². The van der Waals surface area contributed by atoms with E-state index in [1.54, 1.807) is 31.2 Å². The van der Waals surface area contributed by atoms with Crippen molar-refractivity contribution in [3.8, 4) is 0 Å². The molecule has 1 aromatic carbocycles. The first-order valence-electron chi connectivity index (χ1n) is 11.4. The van der Waals surface area contributed by atoms with Crippen LogP contribution in [0.15, 0.2) is 24.3 Å². The van der Waals surface area contributed by atoms with Crippen LogP contribution in [0.1, 0.15) is 62.7 Å². The third kappa shape index (κ3) is 4.02. The highest BCUT2D eigenvalue weighted by Crippen LogP contribution is 2.37. The maximum atomic E-state index is 12.9. The molecule has 3 fully saturated rings.